The third kappa shape index (κ3) is 4.23. The van der Waals surface area contributed by atoms with Crippen LogP contribution >= 0.6 is 15.9 Å². The smallest absolute Gasteiger partial charge is 0.358 e. The van der Waals surface area contributed by atoms with Crippen molar-refractivity contribution in [2.75, 3.05) is 5.32 Å². The van der Waals surface area contributed by atoms with Crippen LogP contribution in [0.25, 0.3) is 0 Å². The van der Waals surface area contributed by atoms with Crippen LogP contribution in [-0.2, 0) is 16.9 Å². The van der Waals surface area contributed by atoms with Gasteiger partial charge in [0.05, 0.1) is 23.4 Å². The topological polar surface area (TPSA) is 108 Å². The summed E-state index contributed by atoms with van der Waals surface area (Å²) in [7, 11) is 0. The lowest BCUT2D eigenvalue weighted by molar-refractivity contribution is -0.390. The number of carbonyl (C=O) groups excluding carboxylic acids is 1. The maximum absolute atomic E-state index is 13.5. The van der Waals surface area contributed by atoms with Gasteiger partial charge < -0.3 is 15.4 Å². The Kier molecular flexibility index (Phi) is 5.51. The highest BCUT2D eigenvalue weighted by Crippen LogP contribution is 2.65. The van der Waals surface area contributed by atoms with Crippen molar-refractivity contribution in [3.63, 3.8) is 0 Å². The molecule has 11 heteroatoms. The number of amides is 1. The van der Waals surface area contributed by atoms with Gasteiger partial charge in [0.2, 0.25) is 5.91 Å². The molecule has 4 saturated carbocycles. The zero-order valence-corrected chi connectivity index (χ0v) is 21.2. The lowest BCUT2D eigenvalue weighted by Gasteiger charge is -2.61. The summed E-state index contributed by atoms with van der Waals surface area (Å²) in [5, 5.41) is 23.1. The summed E-state index contributed by atoms with van der Waals surface area (Å²) >= 11 is 3.30. The Morgan fingerprint density at radius 1 is 1.22 bits per heavy atom. The van der Waals surface area contributed by atoms with Gasteiger partial charge in [-0.15, -0.1) is 0 Å². The minimum atomic E-state index is -0.461. The predicted octanol–water partition coefficient (Wildman–Crippen LogP) is 5.26. The highest BCUT2D eigenvalue weighted by Gasteiger charge is 2.60. The van der Waals surface area contributed by atoms with Gasteiger partial charge in [-0.05, 0) is 94.3 Å². The summed E-state index contributed by atoms with van der Waals surface area (Å²) in [6, 6.07) is 8.11. The van der Waals surface area contributed by atoms with Crippen LogP contribution in [0, 0.1) is 33.2 Å². The van der Waals surface area contributed by atoms with Crippen molar-refractivity contribution in [2.24, 2.45) is 17.3 Å². The first-order valence-electron chi connectivity index (χ1n) is 12.2. The van der Waals surface area contributed by atoms with Crippen LogP contribution < -0.4 is 5.32 Å². The molecule has 0 radical (unpaired) electrons. The molecule has 0 saturated heterocycles. The lowest BCUT2D eigenvalue weighted by Crippen LogP contribution is -2.57. The molecule has 4 aliphatic carbocycles. The first-order valence-corrected chi connectivity index (χ1v) is 13.0. The van der Waals surface area contributed by atoms with Crippen molar-refractivity contribution >= 4 is 33.5 Å². The summed E-state index contributed by atoms with van der Waals surface area (Å²) in [6.07, 6.45) is 9.73. The summed E-state index contributed by atoms with van der Waals surface area (Å²) < 4.78 is 17.3. The molecule has 1 aromatic carbocycles. The van der Waals surface area contributed by atoms with Crippen LogP contribution in [0.1, 0.15) is 50.5 Å². The molecule has 9 nitrogen and oxygen atoms in total. The molecular weight excluding hydrogens is 531 g/mol. The zero-order valence-electron chi connectivity index (χ0n) is 19.6. The van der Waals surface area contributed by atoms with Crippen LogP contribution in [0.15, 0.2) is 47.2 Å². The first kappa shape index (κ1) is 23.3. The second kappa shape index (κ2) is 8.50. The van der Waals surface area contributed by atoms with Gasteiger partial charge in [0.1, 0.15) is 10.3 Å². The van der Waals surface area contributed by atoms with Crippen molar-refractivity contribution in [1.82, 2.24) is 19.6 Å². The second-order valence-electron chi connectivity index (χ2n) is 10.9. The van der Waals surface area contributed by atoms with Gasteiger partial charge in [-0.25, -0.2) is 4.39 Å². The van der Waals surface area contributed by atoms with E-state index in [0.29, 0.717) is 35.1 Å². The maximum Gasteiger partial charge on any atom is 0.404 e. The fourth-order valence-corrected chi connectivity index (χ4v) is 7.87. The molecular formula is C25H26BrFN6O3. The molecule has 2 atom stereocenters. The van der Waals surface area contributed by atoms with Crippen molar-refractivity contribution in [2.45, 2.75) is 57.0 Å². The molecule has 3 aromatic rings. The van der Waals surface area contributed by atoms with Gasteiger partial charge in [-0.3, -0.25) is 9.48 Å². The number of hydrogen-bond donors (Lipinski definition) is 1. The fourth-order valence-electron chi connectivity index (χ4n) is 7.45. The molecule has 36 heavy (non-hydrogen) atoms. The van der Waals surface area contributed by atoms with Gasteiger partial charge in [0.25, 0.3) is 0 Å². The van der Waals surface area contributed by atoms with E-state index in [2.05, 4.69) is 31.4 Å². The highest BCUT2D eigenvalue weighted by molar-refractivity contribution is 9.10. The van der Waals surface area contributed by atoms with Crippen LogP contribution in [0.4, 0.5) is 16.0 Å². The summed E-state index contributed by atoms with van der Waals surface area (Å²) in [5.74, 6) is 0.932. The summed E-state index contributed by atoms with van der Waals surface area (Å²) in [5.41, 5.74) is 0.361. The number of carbonyl (C=O) groups is 1. The van der Waals surface area contributed by atoms with Crippen LogP contribution in [-0.4, -0.2) is 30.4 Å². The van der Waals surface area contributed by atoms with Crippen LogP contribution in [0.3, 0.4) is 0 Å². The van der Waals surface area contributed by atoms with E-state index in [-0.39, 0.29) is 28.5 Å². The van der Waals surface area contributed by atoms with Crippen LogP contribution in [0.5, 0.6) is 0 Å². The Morgan fingerprint density at radius 3 is 2.69 bits per heavy atom. The highest BCUT2D eigenvalue weighted by atomic mass is 79.9. The van der Waals surface area contributed by atoms with Crippen molar-refractivity contribution < 1.29 is 14.1 Å². The number of nitrogens with zero attached hydrogens (tertiary/aromatic N) is 5. The van der Waals surface area contributed by atoms with E-state index in [1.807, 2.05) is 10.7 Å². The monoisotopic (exact) mass is 556 g/mol. The number of rotatable bonds is 7. The molecule has 4 fully saturated rings. The molecule has 4 bridgehead atoms. The van der Waals surface area contributed by atoms with Crippen molar-refractivity contribution in [1.29, 1.82) is 0 Å². The zero-order chi connectivity index (χ0) is 25.1. The number of aromatic nitrogens is 4. The standard InChI is InChI=1S/C25H26BrFN6O3/c26-20-14-32(30-23(20)33(35)36)25-10-17-6-18(11-25)9-24(8-17,15-25)12-22(34)28-21-4-5-31(29-21)13-16-2-1-3-19(27)7-16/h1-5,7,14,17-18H,6,8-13,15H2,(H,28,29,34). The normalized spacial score (nSPS) is 28.4. The molecule has 2 heterocycles. The Labute approximate surface area is 215 Å². The van der Waals surface area contributed by atoms with E-state index in [4.69, 9.17) is 0 Å². The summed E-state index contributed by atoms with van der Waals surface area (Å²) in [6.45, 7) is 0.412. The third-order valence-corrected chi connectivity index (χ3v) is 8.70. The van der Waals surface area contributed by atoms with E-state index in [9.17, 15) is 19.3 Å². The van der Waals surface area contributed by atoms with Gasteiger partial charge >= 0.3 is 5.82 Å². The van der Waals surface area contributed by atoms with Crippen LogP contribution in [0.2, 0.25) is 0 Å². The number of nitrogens with one attached hydrogen (secondary N) is 1. The molecule has 2 unspecified atom stereocenters. The Hall–Kier alpha value is -3.08. The van der Waals surface area contributed by atoms with E-state index in [0.717, 1.165) is 44.1 Å². The SMILES string of the molecule is O=C(CC12CC3CC(C1)CC(n1cc(Br)c([N+](=O)[O-])n1)(C3)C2)Nc1ccn(Cc2cccc(F)c2)n1. The maximum atomic E-state index is 13.5. The lowest BCUT2D eigenvalue weighted by atomic mass is 9.46. The van der Waals surface area contributed by atoms with E-state index < -0.39 is 4.92 Å². The number of benzene rings is 1. The fraction of sp³-hybridized carbons (Fsp3) is 0.480. The quantitative estimate of drug-likeness (QED) is 0.315. The third-order valence-electron chi connectivity index (χ3n) is 8.14. The van der Waals surface area contributed by atoms with E-state index in [1.54, 1.807) is 29.2 Å². The average molecular weight is 557 g/mol. The number of anilines is 1. The van der Waals surface area contributed by atoms with Gasteiger partial charge in [0.15, 0.2) is 5.82 Å². The molecule has 7 rings (SSSR count). The van der Waals surface area contributed by atoms with Gasteiger partial charge in [0, 0.05) is 18.7 Å². The minimum Gasteiger partial charge on any atom is -0.358 e. The van der Waals surface area contributed by atoms with E-state index in [1.165, 1.54) is 12.1 Å². The number of hydrogen-bond acceptors (Lipinski definition) is 5. The Morgan fingerprint density at radius 2 is 2.00 bits per heavy atom. The molecule has 2 aromatic heterocycles. The largest absolute Gasteiger partial charge is 0.404 e. The van der Waals surface area contributed by atoms with Gasteiger partial charge in [-0.1, -0.05) is 12.1 Å². The van der Waals surface area contributed by atoms with Crippen molar-refractivity contribution in [3.8, 4) is 0 Å². The molecule has 1 amide bonds. The second-order valence-corrected chi connectivity index (χ2v) is 11.8. The van der Waals surface area contributed by atoms with Crippen molar-refractivity contribution in [3.05, 3.63) is 68.7 Å². The Bertz CT molecular complexity index is 1340. The van der Waals surface area contributed by atoms with E-state index >= 15 is 0 Å². The number of nitro groups is 1. The average Bonchev–Trinajstić information content (AvgIpc) is 3.39. The minimum absolute atomic E-state index is 0.0734. The molecule has 4 aliphatic rings. The predicted molar refractivity (Wildman–Crippen MR) is 133 cm³/mol. The Balaban J connectivity index is 1.17. The summed E-state index contributed by atoms with van der Waals surface area (Å²) in [4.78, 5) is 24.1. The molecule has 1 N–H and O–H groups in total. The first-order chi connectivity index (χ1) is 17.2. The molecule has 0 spiro atoms. The molecule has 188 valence electrons. The number of halogens is 2. The van der Waals surface area contributed by atoms with Gasteiger partial charge in [-0.2, -0.15) is 9.78 Å². The molecule has 0 aliphatic heterocycles.